The number of allylic oxidation sites excluding steroid dienone is 2. The largest absolute Gasteiger partial charge is 0.456 e. The van der Waals surface area contributed by atoms with Gasteiger partial charge in [-0.1, -0.05) is 154 Å². The van der Waals surface area contributed by atoms with Crippen LogP contribution in [0.4, 0.5) is 34.1 Å². The molecule has 0 amide bonds. The molecule has 0 radical (unpaired) electrons. The van der Waals surface area contributed by atoms with Crippen molar-refractivity contribution < 1.29 is 4.42 Å². The van der Waals surface area contributed by atoms with Crippen molar-refractivity contribution in [3.05, 3.63) is 217 Å². The summed E-state index contributed by atoms with van der Waals surface area (Å²) < 4.78 is 6.30. The van der Waals surface area contributed by atoms with E-state index in [2.05, 4.69) is 225 Å². The summed E-state index contributed by atoms with van der Waals surface area (Å²) >= 11 is 0. The van der Waals surface area contributed by atoms with Crippen LogP contribution in [0.3, 0.4) is 0 Å². The predicted molar refractivity (Wildman–Crippen MR) is 263 cm³/mol. The molecule has 0 spiro atoms. The van der Waals surface area contributed by atoms with Crippen molar-refractivity contribution in [2.45, 2.75) is 51.9 Å². The number of hydrogen-bond donors (Lipinski definition) is 0. The molecule has 1 heterocycles. The highest BCUT2D eigenvalue weighted by Gasteiger charge is 2.35. The first-order chi connectivity index (χ1) is 30.5. The van der Waals surface area contributed by atoms with Crippen LogP contribution < -0.4 is 9.80 Å². The van der Waals surface area contributed by atoms with Gasteiger partial charge in [0.2, 0.25) is 0 Å². The highest BCUT2D eigenvalue weighted by Crippen LogP contribution is 2.47. The standard InChI is InChI=1S/C59H52N2O/c1-4-43-37-42(3)40-59(5-2,41-43)48-27-33-51(34-28-48)60(49-29-23-46(24-30-49)44-15-8-6-9-16-44)52-19-14-20-53(38-52)61(50-31-25-47(26-32-50)45-17-10-7-11-18-45)54-35-36-58-56(39-54)55-21-12-13-22-57(55)62-58/h6-39,42H,4-5,40-41H2,1-3H3. The molecule has 0 fully saturated rings. The van der Waals surface area contributed by atoms with E-state index in [-0.39, 0.29) is 5.41 Å². The first-order valence-electron chi connectivity index (χ1n) is 22.2. The molecule has 0 saturated heterocycles. The summed E-state index contributed by atoms with van der Waals surface area (Å²) in [5, 5.41) is 2.21. The molecule has 3 heteroatoms. The molecule has 1 aliphatic rings. The van der Waals surface area contributed by atoms with Gasteiger partial charge < -0.3 is 14.2 Å². The Morgan fingerprint density at radius 2 is 0.952 bits per heavy atom. The molecular formula is C59H52N2O. The van der Waals surface area contributed by atoms with E-state index in [0.717, 1.165) is 75.3 Å². The van der Waals surface area contributed by atoms with Crippen molar-refractivity contribution in [2.75, 3.05) is 9.80 Å². The first kappa shape index (κ1) is 39.1. The highest BCUT2D eigenvalue weighted by molar-refractivity contribution is 6.06. The Bertz CT molecular complexity index is 2980. The fourth-order valence-electron chi connectivity index (χ4n) is 9.93. The van der Waals surface area contributed by atoms with Gasteiger partial charge in [-0.25, -0.2) is 0 Å². The van der Waals surface area contributed by atoms with Crippen LogP contribution in [0.2, 0.25) is 0 Å². The van der Waals surface area contributed by atoms with Crippen LogP contribution in [0.1, 0.15) is 52.0 Å². The van der Waals surface area contributed by atoms with E-state index in [4.69, 9.17) is 4.42 Å². The minimum atomic E-state index is 0.151. The predicted octanol–water partition coefficient (Wildman–Crippen LogP) is 17.3. The molecule has 0 saturated carbocycles. The Balaban J connectivity index is 1.10. The summed E-state index contributed by atoms with van der Waals surface area (Å²) in [6, 6.07) is 72.5. The van der Waals surface area contributed by atoms with E-state index in [9.17, 15) is 0 Å². The maximum Gasteiger partial charge on any atom is 0.135 e. The molecule has 1 aromatic heterocycles. The summed E-state index contributed by atoms with van der Waals surface area (Å²) in [6.45, 7) is 7.07. The molecule has 1 aliphatic carbocycles. The van der Waals surface area contributed by atoms with E-state index in [1.165, 1.54) is 34.2 Å². The van der Waals surface area contributed by atoms with E-state index in [1.54, 1.807) is 5.57 Å². The number of benzene rings is 8. The average Bonchev–Trinajstić information content (AvgIpc) is 3.71. The number of fused-ring (bicyclic) bond motifs is 3. The van der Waals surface area contributed by atoms with Crippen molar-refractivity contribution in [1.29, 1.82) is 0 Å². The lowest BCUT2D eigenvalue weighted by Gasteiger charge is -2.40. The van der Waals surface area contributed by atoms with Crippen LogP contribution in [0.15, 0.2) is 216 Å². The zero-order chi connectivity index (χ0) is 42.0. The molecule has 0 N–H and O–H groups in total. The van der Waals surface area contributed by atoms with Crippen molar-refractivity contribution in [2.24, 2.45) is 5.92 Å². The van der Waals surface area contributed by atoms with Crippen molar-refractivity contribution >= 4 is 56.1 Å². The van der Waals surface area contributed by atoms with Gasteiger partial charge in [0.25, 0.3) is 0 Å². The Kier molecular flexibility index (Phi) is 10.6. The summed E-state index contributed by atoms with van der Waals surface area (Å²) in [5.41, 5.74) is 16.2. The maximum absolute atomic E-state index is 6.30. The normalized spacial score (nSPS) is 16.3. The van der Waals surface area contributed by atoms with Gasteiger partial charge in [-0.15, -0.1) is 0 Å². The molecule has 0 bridgehead atoms. The molecule has 8 aromatic carbocycles. The number of rotatable bonds is 11. The van der Waals surface area contributed by atoms with Crippen LogP contribution in [0.25, 0.3) is 44.2 Å². The number of furan rings is 1. The topological polar surface area (TPSA) is 19.6 Å². The van der Waals surface area contributed by atoms with Crippen LogP contribution in [-0.2, 0) is 5.41 Å². The Morgan fingerprint density at radius 1 is 0.468 bits per heavy atom. The van der Waals surface area contributed by atoms with Crippen LogP contribution in [0, 0.1) is 5.92 Å². The lowest BCUT2D eigenvalue weighted by molar-refractivity contribution is 0.316. The van der Waals surface area contributed by atoms with Crippen molar-refractivity contribution in [3.63, 3.8) is 0 Å². The fraction of sp³-hybridized carbons (Fsp3) is 0.153. The molecule has 2 unspecified atom stereocenters. The molecule has 62 heavy (non-hydrogen) atoms. The maximum atomic E-state index is 6.30. The summed E-state index contributed by atoms with van der Waals surface area (Å²) in [5.74, 6) is 0.575. The highest BCUT2D eigenvalue weighted by atomic mass is 16.3. The van der Waals surface area contributed by atoms with Gasteiger partial charge in [0, 0.05) is 44.9 Å². The van der Waals surface area contributed by atoms with Gasteiger partial charge >= 0.3 is 0 Å². The van der Waals surface area contributed by atoms with E-state index in [1.807, 2.05) is 12.1 Å². The monoisotopic (exact) mass is 804 g/mol. The quantitative estimate of drug-likeness (QED) is 0.121. The van der Waals surface area contributed by atoms with Crippen LogP contribution in [-0.4, -0.2) is 0 Å². The molecule has 9 aromatic rings. The van der Waals surface area contributed by atoms with Gasteiger partial charge in [-0.05, 0) is 144 Å². The summed E-state index contributed by atoms with van der Waals surface area (Å²) in [6.07, 6.45) is 7.09. The lowest BCUT2D eigenvalue weighted by atomic mass is 9.65. The second kappa shape index (κ2) is 16.7. The van der Waals surface area contributed by atoms with E-state index in [0.29, 0.717) is 5.92 Å². The fourth-order valence-corrected chi connectivity index (χ4v) is 9.93. The lowest BCUT2D eigenvalue weighted by Crippen LogP contribution is -2.31. The van der Waals surface area contributed by atoms with Gasteiger partial charge in [0.15, 0.2) is 0 Å². The zero-order valence-electron chi connectivity index (χ0n) is 35.8. The molecule has 2 atom stereocenters. The molecule has 304 valence electrons. The zero-order valence-corrected chi connectivity index (χ0v) is 35.8. The Labute approximate surface area is 366 Å². The van der Waals surface area contributed by atoms with Crippen molar-refractivity contribution in [1.82, 2.24) is 0 Å². The number of nitrogens with zero attached hydrogens (tertiary/aromatic N) is 2. The van der Waals surface area contributed by atoms with Gasteiger partial charge in [0.05, 0.1) is 0 Å². The SMILES string of the molecule is CCC1=CC(C)CC(CC)(c2ccc(N(c3ccc(-c4ccccc4)cc3)c3cccc(N(c4ccc(-c5ccccc5)cc4)c4ccc5oc6ccccc6c5c4)c3)cc2)C1. The van der Waals surface area contributed by atoms with Crippen LogP contribution in [0.5, 0.6) is 0 Å². The first-order valence-corrected chi connectivity index (χ1v) is 22.2. The van der Waals surface area contributed by atoms with E-state index >= 15 is 0 Å². The third kappa shape index (κ3) is 7.49. The Hall–Kier alpha value is -7.10. The number of hydrogen-bond acceptors (Lipinski definition) is 3. The third-order valence-corrected chi connectivity index (χ3v) is 13.1. The summed E-state index contributed by atoms with van der Waals surface area (Å²) in [4.78, 5) is 4.78. The molecule has 3 nitrogen and oxygen atoms in total. The molecule has 10 rings (SSSR count). The molecular weight excluding hydrogens is 753 g/mol. The van der Waals surface area contributed by atoms with Gasteiger partial charge in [-0.3, -0.25) is 0 Å². The number of para-hydroxylation sites is 1. The Morgan fingerprint density at radius 3 is 1.53 bits per heavy atom. The van der Waals surface area contributed by atoms with Crippen LogP contribution >= 0.6 is 0 Å². The second-order valence-corrected chi connectivity index (χ2v) is 17.0. The second-order valence-electron chi connectivity index (χ2n) is 17.0. The minimum Gasteiger partial charge on any atom is -0.456 e. The smallest absolute Gasteiger partial charge is 0.135 e. The van der Waals surface area contributed by atoms with E-state index < -0.39 is 0 Å². The minimum absolute atomic E-state index is 0.151. The third-order valence-electron chi connectivity index (χ3n) is 13.1. The molecule has 0 aliphatic heterocycles. The van der Waals surface area contributed by atoms with Crippen molar-refractivity contribution in [3.8, 4) is 22.3 Å². The van der Waals surface area contributed by atoms with Gasteiger partial charge in [-0.2, -0.15) is 0 Å². The van der Waals surface area contributed by atoms with Gasteiger partial charge in [0.1, 0.15) is 11.2 Å². The summed E-state index contributed by atoms with van der Waals surface area (Å²) in [7, 11) is 0. The average molecular weight is 805 g/mol. The number of anilines is 6.